The van der Waals surface area contributed by atoms with Gasteiger partial charge in [-0.15, -0.1) is 0 Å². The number of rotatable bonds is 2. The minimum atomic E-state index is -4.52. The Kier molecular flexibility index (Phi) is 4.34. The third kappa shape index (κ3) is 2.98. The zero-order valence-corrected chi connectivity index (χ0v) is 14.6. The van der Waals surface area contributed by atoms with Crippen LogP contribution in [-0.2, 0) is 6.18 Å². The summed E-state index contributed by atoms with van der Waals surface area (Å²) in [5.74, 6) is -0.186. The van der Waals surface area contributed by atoms with Gasteiger partial charge in [-0.2, -0.15) is 13.2 Å². The van der Waals surface area contributed by atoms with Crippen molar-refractivity contribution in [2.24, 2.45) is 0 Å². The van der Waals surface area contributed by atoms with Crippen molar-refractivity contribution in [3.05, 3.63) is 51.2 Å². The zero-order valence-electron chi connectivity index (χ0n) is 14.6. The maximum Gasteiger partial charge on any atom is 0.416 e. The highest BCUT2D eigenvalue weighted by Crippen LogP contribution is 2.37. The molecule has 138 valence electrons. The van der Waals surface area contributed by atoms with Crippen molar-refractivity contribution in [2.45, 2.75) is 39.4 Å². The molecule has 7 heteroatoms. The normalized spacial score (nSPS) is 16.7. The van der Waals surface area contributed by atoms with E-state index in [0.29, 0.717) is 17.0 Å². The summed E-state index contributed by atoms with van der Waals surface area (Å²) < 4.78 is 39.6. The van der Waals surface area contributed by atoms with Gasteiger partial charge in [0, 0.05) is 11.6 Å². The first-order chi connectivity index (χ1) is 12.1. The Labute approximate surface area is 148 Å². The fourth-order valence-electron chi connectivity index (χ4n) is 3.20. The van der Waals surface area contributed by atoms with Gasteiger partial charge in [-0.25, -0.2) is 0 Å². The van der Waals surface area contributed by atoms with Gasteiger partial charge >= 0.3 is 6.18 Å². The molecule has 3 N–H and O–H groups in total. The summed E-state index contributed by atoms with van der Waals surface area (Å²) in [5.41, 5.74) is -0.252. The van der Waals surface area contributed by atoms with Crippen molar-refractivity contribution in [3.8, 4) is 17.0 Å². The van der Waals surface area contributed by atoms with Crippen molar-refractivity contribution < 1.29 is 18.3 Å². The van der Waals surface area contributed by atoms with Gasteiger partial charge < -0.3 is 15.4 Å². The highest BCUT2D eigenvalue weighted by Gasteiger charge is 2.33. The molecule has 0 spiro atoms. The molecule has 1 unspecified atom stereocenters. The molecule has 0 radical (unpaired) electrons. The largest absolute Gasteiger partial charge is 0.503 e. The van der Waals surface area contributed by atoms with E-state index >= 15 is 0 Å². The average molecular weight is 364 g/mol. The lowest BCUT2D eigenvalue weighted by molar-refractivity contribution is -0.138. The summed E-state index contributed by atoms with van der Waals surface area (Å²) in [7, 11) is 0. The second-order valence-corrected chi connectivity index (χ2v) is 6.46. The number of H-pyrrole nitrogens is 1. The molecule has 0 aliphatic carbocycles. The lowest BCUT2D eigenvalue weighted by Gasteiger charge is -2.25. The molecule has 26 heavy (non-hydrogen) atoms. The minimum absolute atomic E-state index is 0.000651. The quantitative estimate of drug-likeness (QED) is 0.725. The van der Waals surface area contributed by atoms with Crippen LogP contribution in [0.25, 0.3) is 16.8 Å². The van der Waals surface area contributed by atoms with Crippen LogP contribution in [0.3, 0.4) is 0 Å². The van der Waals surface area contributed by atoms with Gasteiger partial charge in [0.2, 0.25) is 5.43 Å². The Morgan fingerprint density at radius 3 is 2.54 bits per heavy atom. The lowest BCUT2D eigenvalue weighted by Crippen LogP contribution is -2.26. The summed E-state index contributed by atoms with van der Waals surface area (Å²) in [4.78, 5) is 15.5. The molecule has 0 saturated heterocycles. The number of benzene rings is 1. The standard InChI is InChI=1S/C19H19F3N2O2/c1-4-12-7-10(3)14-16(25)17(26)15(24-18(14)23-12)11-6-5-9(2)13(8-11)19(20,21)22/h5-8,12,26H,4H2,1-3H3,(H2,23,24,25). The number of nitrogens with one attached hydrogen (secondary N) is 2. The number of anilines is 1. The summed E-state index contributed by atoms with van der Waals surface area (Å²) in [6.45, 7) is 5.11. The van der Waals surface area contributed by atoms with E-state index in [1.165, 1.54) is 19.1 Å². The van der Waals surface area contributed by atoms with Crippen LogP contribution in [0.5, 0.6) is 5.75 Å². The average Bonchev–Trinajstić information content (AvgIpc) is 2.57. The van der Waals surface area contributed by atoms with E-state index in [0.717, 1.165) is 12.5 Å². The molecule has 1 aromatic heterocycles. The molecule has 2 aromatic rings. The Hall–Kier alpha value is -2.70. The number of fused-ring (bicyclic) bond motifs is 1. The fourth-order valence-corrected chi connectivity index (χ4v) is 3.20. The van der Waals surface area contributed by atoms with Crippen molar-refractivity contribution in [2.75, 3.05) is 5.32 Å². The summed E-state index contributed by atoms with van der Waals surface area (Å²) in [6, 6.07) is 3.71. The van der Waals surface area contributed by atoms with E-state index in [2.05, 4.69) is 10.3 Å². The molecule has 1 aromatic carbocycles. The van der Waals surface area contributed by atoms with Crippen LogP contribution in [0.2, 0.25) is 0 Å². The van der Waals surface area contributed by atoms with Crippen LogP contribution in [0, 0.1) is 6.92 Å². The molecule has 2 heterocycles. The van der Waals surface area contributed by atoms with E-state index in [1.54, 1.807) is 6.92 Å². The van der Waals surface area contributed by atoms with Crippen LogP contribution in [0.4, 0.5) is 19.0 Å². The SMILES string of the molecule is CCC1C=C(C)c2c([nH]c(-c3ccc(C)c(C(F)(F)F)c3)c(O)c2=O)N1. The minimum Gasteiger partial charge on any atom is -0.503 e. The molecule has 1 atom stereocenters. The molecular formula is C19H19F3N2O2. The topological polar surface area (TPSA) is 65.1 Å². The number of allylic oxidation sites excluding steroid dienone is 1. The van der Waals surface area contributed by atoms with Crippen LogP contribution < -0.4 is 10.7 Å². The van der Waals surface area contributed by atoms with Gasteiger partial charge in [0.15, 0.2) is 5.75 Å². The van der Waals surface area contributed by atoms with E-state index in [1.807, 2.05) is 13.0 Å². The molecule has 4 nitrogen and oxygen atoms in total. The number of halogens is 3. The molecule has 0 bridgehead atoms. The molecule has 1 aliphatic heterocycles. The van der Waals surface area contributed by atoms with Crippen molar-refractivity contribution in [1.29, 1.82) is 0 Å². The summed E-state index contributed by atoms with van der Waals surface area (Å²) >= 11 is 0. The van der Waals surface area contributed by atoms with Crippen LogP contribution in [0.15, 0.2) is 29.1 Å². The van der Waals surface area contributed by atoms with Crippen molar-refractivity contribution >= 4 is 11.4 Å². The highest BCUT2D eigenvalue weighted by molar-refractivity contribution is 5.81. The lowest BCUT2D eigenvalue weighted by atomic mass is 9.97. The Balaban J connectivity index is 2.22. The Morgan fingerprint density at radius 2 is 1.92 bits per heavy atom. The number of hydrogen-bond acceptors (Lipinski definition) is 3. The fraction of sp³-hybridized carbons (Fsp3) is 0.316. The summed E-state index contributed by atoms with van der Waals surface area (Å²) in [6.07, 6.45) is -1.85. The zero-order chi connectivity index (χ0) is 19.2. The van der Waals surface area contributed by atoms with E-state index in [4.69, 9.17) is 0 Å². The number of aromatic amines is 1. The first-order valence-corrected chi connectivity index (χ1v) is 8.26. The Morgan fingerprint density at radius 1 is 1.23 bits per heavy atom. The van der Waals surface area contributed by atoms with Crippen molar-refractivity contribution in [1.82, 2.24) is 4.98 Å². The molecule has 0 fully saturated rings. The first kappa shape index (κ1) is 18.1. The molecule has 0 amide bonds. The van der Waals surface area contributed by atoms with E-state index < -0.39 is 22.9 Å². The molecule has 3 rings (SSSR count). The van der Waals surface area contributed by atoms with Crippen LogP contribution in [-0.4, -0.2) is 16.1 Å². The van der Waals surface area contributed by atoms with Gasteiger partial charge in [-0.05, 0) is 37.5 Å². The third-order valence-electron chi connectivity index (χ3n) is 4.63. The van der Waals surface area contributed by atoms with E-state index in [-0.39, 0.29) is 22.9 Å². The second kappa shape index (κ2) is 6.23. The van der Waals surface area contributed by atoms with Crippen molar-refractivity contribution in [3.63, 3.8) is 0 Å². The van der Waals surface area contributed by atoms with Gasteiger partial charge in [0.05, 0.1) is 16.8 Å². The van der Waals surface area contributed by atoms with Crippen LogP contribution >= 0.6 is 0 Å². The van der Waals surface area contributed by atoms with Gasteiger partial charge in [0.25, 0.3) is 0 Å². The molecule has 1 aliphatic rings. The predicted molar refractivity (Wildman–Crippen MR) is 95.3 cm³/mol. The van der Waals surface area contributed by atoms with Crippen LogP contribution in [0.1, 0.15) is 37.0 Å². The number of aromatic nitrogens is 1. The Bertz CT molecular complexity index is 958. The van der Waals surface area contributed by atoms with Gasteiger partial charge in [-0.1, -0.05) is 25.1 Å². The maximum absolute atomic E-state index is 13.2. The second-order valence-electron chi connectivity index (χ2n) is 6.46. The highest BCUT2D eigenvalue weighted by atomic mass is 19.4. The van der Waals surface area contributed by atoms with Gasteiger partial charge in [0.1, 0.15) is 5.82 Å². The monoisotopic (exact) mass is 364 g/mol. The van der Waals surface area contributed by atoms with E-state index in [9.17, 15) is 23.1 Å². The number of aromatic hydroxyl groups is 1. The molecular weight excluding hydrogens is 345 g/mol. The first-order valence-electron chi connectivity index (χ1n) is 8.26. The predicted octanol–water partition coefficient (Wildman–Crippen LogP) is 4.68. The summed E-state index contributed by atoms with van der Waals surface area (Å²) in [5, 5.41) is 13.5. The number of alkyl halides is 3. The maximum atomic E-state index is 13.2. The number of aryl methyl sites for hydroxylation is 1. The third-order valence-corrected chi connectivity index (χ3v) is 4.63. The molecule has 0 saturated carbocycles. The van der Waals surface area contributed by atoms with Gasteiger partial charge in [-0.3, -0.25) is 4.79 Å². The smallest absolute Gasteiger partial charge is 0.416 e. The number of pyridine rings is 1. The number of hydrogen-bond donors (Lipinski definition) is 3.